The summed E-state index contributed by atoms with van der Waals surface area (Å²) in [4.78, 5) is 23.9. The number of carboxylic acids is 1. The number of hydrogen-bond acceptors (Lipinski definition) is 3. The predicted molar refractivity (Wildman–Crippen MR) is 64.5 cm³/mol. The number of nitrogens with zero attached hydrogens (tertiary/aromatic N) is 1. The third kappa shape index (κ3) is 2.16. The van der Waals surface area contributed by atoms with Gasteiger partial charge >= 0.3 is 12.1 Å². The lowest BCUT2D eigenvalue weighted by atomic mass is 9.90. The maximum absolute atomic E-state index is 11.6. The lowest BCUT2D eigenvalue weighted by Gasteiger charge is -2.37. The average Bonchev–Trinajstić information content (AvgIpc) is 2.34. The number of rotatable bonds is 2. The number of amides is 1. The molecule has 0 saturated carbocycles. The second-order valence-corrected chi connectivity index (χ2v) is 4.65. The van der Waals surface area contributed by atoms with E-state index in [0.717, 1.165) is 5.56 Å². The molecule has 1 atom stereocenters. The quantitative estimate of drug-likeness (QED) is 0.871. The van der Waals surface area contributed by atoms with Crippen molar-refractivity contribution in [1.29, 1.82) is 0 Å². The molecule has 0 aromatic heterocycles. The van der Waals surface area contributed by atoms with Gasteiger partial charge in [0.05, 0.1) is 5.56 Å². The summed E-state index contributed by atoms with van der Waals surface area (Å²) in [5.41, 5.74) is 0.358. The summed E-state index contributed by atoms with van der Waals surface area (Å²) in [6.45, 7) is 2.46. The molecule has 96 valence electrons. The highest BCUT2D eigenvalue weighted by Crippen LogP contribution is 2.33. The number of carboxylic acid groups (broad SMARTS) is 1. The molecule has 1 aromatic carbocycles. The van der Waals surface area contributed by atoms with Crippen LogP contribution in [-0.2, 0) is 10.3 Å². The van der Waals surface area contributed by atoms with Gasteiger partial charge in [0.25, 0.3) is 0 Å². The van der Waals surface area contributed by atoms with E-state index in [-0.39, 0.29) is 11.7 Å². The lowest BCUT2D eigenvalue weighted by molar-refractivity contribution is -0.0351. The number of benzene rings is 1. The first-order valence-electron chi connectivity index (χ1n) is 5.70. The third-order valence-electron chi connectivity index (χ3n) is 3.29. The van der Waals surface area contributed by atoms with Crippen LogP contribution in [-0.4, -0.2) is 35.7 Å². The summed E-state index contributed by atoms with van der Waals surface area (Å²) in [6, 6.07) is 6.44. The number of hydrogen-bond donors (Lipinski definition) is 1. The largest absolute Gasteiger partial charge is 0.478 e. The van der Waals surface area contributed by atoms with Gasteiger partial charge in [0.15, 0.2) is 0 Å². The molecular weight excluding hydrogens is 234 g/mol. The molecule has 1 N–H and O–H groups in total. The normalized spacial score (nSPS) is 23.7. The summed E-state index contributed by atoms with van der Waals surface area (Å²) >= 11 is 0. The van der Waals surface area contributed by atoms with Crippen LogP contribution in [0.25, 0.3) is 0 Å². The van der Waals surface area contributed by atoms with Gasteiger partial charge in [0.1, 0.15) is 5.60 Å². The van der Waals surface area contributed by atoms with Crippen molar-refractivity contribution in [2.45, 2.75) is 18.9 Å². The molecule has 1 saturated heterocycles. The van der Waals surface area contributed by atoms with Gasteiger partial charge in [-0.1, -0.05) is 12.1 Å². The Bertz CT molecular complexity index is 482. The van der Waals surface area contributed by atoms with Crippen LogP contribution in [0.1, 0.15) is 29.3 Å². The highest BCUT2D eigenvalue weighted by atomic mass is 16.6. The molecule has 0 spiro atoms. The third-order valence-corrected chi connectivity index (χ3v) is 3.29. The van der Waals surface area contributed by atoms with E-state index in [1.54, 1.807) is 19.2 Å². The first-order valence-corrected chi connectivity index (χ1v) is 5.70. The summed E-state index contributed by atoms with van der Waals surface area (Å²) in [5.74, 6) is -0.966. The monoisotopic (exact) mass is 249 g/mol. The van der Waals surface area contributed by atoms with Gasteiger partial charge < -0.3 is 14.7 Å². The summed E-state index contributed by atoms with van der Waals surface area (Å²) in [5, 5.41) is 8.83. The Labute approximate surface area is 105 Å². The lowest BCUT2D eigenvalue weighted by Crippen LogP contribution is -2.44. The zero-order chi connectivity index (χ0) is 13.3. The molecule has 1 aliphatic rings. The number of carbonyl (C=O) groups excluding carboxylic acids is 1. The van der Waals surface area contributed by atoms with Gasteiger partial charge in [-0.25, -0.2) is 9.59 Å². The van der Waals surface area contributed by atoms with Crippen molar-refractivity contribution in [3.05, 3.63) is 35.4 Å². The maximum atomic E-state index is 11.6. The van der Waals surface area contributed by atoms with E-state index in [2.05, 4.69) is 0 Å². The molecule has 5 heteroatoms. The van der Waals surface area contributed by atoms with Crippen molar-refractivity contribution in [2.75, 3.05) is 13.6 Å². The van der Waals surface area contributed by atoms with Crippen LogP contribution in [0, 0.1) is 0 Å². The molecule has 0 bridgehead atoms. The fourth-order valence-electron chi connectivity index (χ4n) is 1.96. The van der Waals surface area contributed by atoms with Crippen molar-refractivity contribution in [3.63, 3.8) is 0 Å². The number of carbonyl (C=O) groups is 2. The number of ether oxygens (including phenoxy) is 1. The van der Waals surface area contributed by atoms with Crippen LogP contribution in [0.3, 0.4) is 0 Å². The van der Waals surface area contributed by atoms with Crippen LogP contribution in [0.15, 0.2) is 24.3 Å². The second kappa shape index (κ2) is 4.33. The minimum atomic E-state index is -0.966. The van der Waals surface area contributed by atoms with Crippen LogP contribution < -0.4 is 0 Å². The Morgan fingerprint density at radius 2 is 2.00 bits per heavy atom. The molecule has 0 aliphatic carbocycles. The average molecular weight is 249 g/mol. The van der Waals surface area contributed by atoms with E-state index < -0.39 is 11.6 Å². The fraction of sp³-hybridized carbons (Fsp3) is 0.385. The molecule has 1 amide bonds. The van der Waals surface area contributed by atoms with Gasteiger partial charge in [-0.05, 0) is 24.6 Å². The molecule has 18 heavy (non-hydrogen) atoms. The minimum absolute atomic E-state index is 0.224. The highest BCUT2D eigenvalue weighted by molar-refractivity contribution is 5.87. The second-order valence-electron chi connectivity index (χ2n) is 4.65. The minimum Gasteiger partial charge on any atom is -0.478 e. The van der Waals surface area contributed by atoms with Crippen molar-refractivity contribution in [2.24, 2.45) is 0 Å². The Kier molecular flexibility index (Phi) is 2.98. The summed E-state index contributed by atoms with van der Waals surface area (Å²) < 4.78 is 5.41. The van der Waals surface area contributed by atoms with Crippen molar-refractivity contribution < 1.29 is 19.4 Å². The molecule has 1 heterocycles. The molecule has 1 aliphatic heterocycles. The van der Waals surface area contributed by atoms with Gasteiger partial charge in [0, 0.05) is 20.0 Å². The van der Waals surface area contributed by atoms with Crippen molar-refractivity contribution >= 4 is 12.1 Å². The summed E-state index contributed by atoms with van der Waals surface area (Å²) in [7, 11) is 1.69. The van der Waals surface area contributed by atoms with E-state index in [9.17, 15) is 9.59 Å². The topological polar surface area (TPSA) is 66.8 Å². The first-order chi connectivity index (χ1) is 8.42. The van der Waals surface area contributed by atoms with Crippen LogP contribution in [0.5, 0.6) is 0 Å². The van der Waals surface area contributed by atoms with Crippen molar-refractivity contribution in [3.8, 4) is 0 Å². The molecular formula is C13H15NO4. The van der Waals surface area contributed by atoms with Gasteiger partial charge in [-0.15, -0.1) is 0 Å². The highest BCUT2D eigenvalue weighted by Gasteiger charge is 2.36. The summed E-state index contributed by atoms with van der Waals surface area (Å²) in [6.07, 6.45) is 0.327. The first kappa shape index (κ1) is 12.4. The van der Waals surface area contributed by atoms with Gasteiger partial charge in [-0.3, -0.25) is 0 Å². The van der Waals surface area contributed by atoms with Crippen LogP contribution in [0.4, 0.5) is 4.79 Å². The van der Waals surface area contributed by atoms with E-state index in [0.29, 0.717) is 13.0 Å². The molecule has 1 unspecified atom stereocenters. The Hall–Kier alpha value is -2.04. The standard InChI is InChI=1S/C13H15NO4/c1-13(7-8-14(2)12(17)18-13)10-5-3-9(4-6-10)11(15)16/h3-6H,7-8H2,1-2H3,(H,15,16). The molecule has 2 rings (SSSR count). The smallest absolute Gasteiger partial charge is 0.410 e. The Morgan fingerprint density at radius 3 is 2.50 bits per heavy atom. The van der Waals surface area contributed by atoms with E-state index >= 15 is 0 Å². The van der Waals surface area contributed by atoms with Crippen molar-refractivity contribution in [1.82, 2.24) is 4.90 Å². The van der Waals surface area contributed by atoms with Gasteiger partial charge in [-0.2, -0.15) is 0 Å². The SMILES string of the molecule is CN1CCC(C)(c2ccc(C(=O)O)cc2)OC1=O. The Morgan fingerprint density at radius 1 is 1.39 bits per heavy atom. The Balaban J connectivity index is 2.25. The maximum Gasteiger partial charge on any atom is 0.410 e. The zero-order valence-electron chi connectivity index (χ0n) is 10.3. The zero-order valence-corrected chi connectivity index (χ0v) is 10.3. The van der Waals surface area contributed by atoms with E-state index in [1.807, 2.05) is 6.92 Å². The molecule has 1 fully saturated rings. The molecule has 0 radical (unpaired) electrons. The van der Waals surface area contributed by atoms with Crippen LogP contribution >= 0.6 is 0 Å². The molecule has 1 aromatic rings. The molecule has 5 nitrogen and oxygen atoms in total. The van der Waals surface area contributed by atoms with Gasteiger partial charge in [0.2, 0.25) is 0 Å². The number of cyclic esters (lactones) is 1. The predicted octanol–water partition coefficient (Wildman–Crippen LogP) is 2.07. The van der Waals surface area contributed by atoms with Crippen LogP contribution in [0.2, 0.25) is 0 Å². The van der Waals surface area contributed by atoms with E-state index in [1.165, 1.54) is 17.0 Å². The fourth-order valence-corrected chi connectivity index (χ4v) is 1.96. The number of aromatic carboxylic acids is 1. The van der Waals surface area contributed by atoms with E-state index in [4.69, 9.17) is 9.84 Å².